The smallest absolute Gasteiger partial charge is 0.0954 e. The molecule has 1 unspecified atom stereocenters. The van der Waals surface area contributed by atoms with Crippen LogP contribution in [0.25, 0.3) is 0 Å². The Hall–Kier alpha value is -1.78. The second-order valence-electron chi connectivity index (χ2n) is 4.15. The van der Waals surface area contributed by atoms with E-state index in [2.05, 4.69) is 22.5 Å². The van der Waals surface area contributed by atoms with Gasteiger partial charge >= 0.3 is 0 Å². The number of nitrogens with one attached hydrogen (secondary N) is 1. The van der Waals surface area contributed by atoms with Crippen molar-refractivity contribution in [3.63, 3.8) is 0 Å². The number of nitrogens with two attached hydrogens (primary N) is 1. The average Bonchev–Trinajstić information content (AvgIpc) is 2.84. The third-order valence-corrected chi connectivity index (χ3v) is 2.76. The van der Waals surface area contributed by atoms with Crippen molar-refractivity contribution in [3.8, 4) is 0 Å². The largest absolute Gasteiger partial charge is 0.472 e. The lowest BCUT2D eigenvalue weighted by Gasteiger charge is -2.18. The summed E-state index contributed by atoms with van der Waals surface area (Å²) in [6.45, 7) is 0. The van der Waals surface area contributed by atoms with Crippen LogP contribution < -0.4 is 16.2 Å². The lowest BCUT2D eigenvalue weighted by molar-refractivity contribution is 0.553. The minimum Gasteiger partial charge on any atom is -0.472 e. The van der Waals surface area contributed by atoms with E-state index < -0.39 is 0 Å². The monoisotopic (exact) mass is 231 g/mol. The number of hydrogen-bond acceptors (Lipinski definition) is 4. The average molecular weight is 231 g/mol. The molecule has 0 fully saturated rings. The van der Waals surface area contributed by atoms with E-state index in [1.54, 1.807) is 12.5 Å². The Morgan fingerprint density at radius 3 is 2.65 bits per heavy atom. The van der Waals surface area contributed by atoms with Gasteiger partial charge in [0, 0.05) is 25.3 Å². The fourth-order valence-electron chi connectivity index (χ4n) is 1.81. The van der Waals surface area contributed by atoms with Crippen LogP contribution in [0.2, 0.25) is 0 Å². The molecule has 1 aromatic carbocycles. The maximum absolute atomic E-state index is 5.62. The summed E-state index contributed by atoms with van der Waals surface area (Å²) in [6.07, 6.45) is 3.35. The summed E-state index contributed by atoms with van der Waals surface area (Å²) in [4.78, 5) is 2.06. The van der Waals surface area contributed by atoms with E-state index in [9.17, 15) is 0 Å². The first-order valence-electron chi connectivity index (χ1n) is 5.48. The second-order valence-corrected chi connectivity index (χ2v) is 4.15. The summed E-state index contributed by atoms with van der Waals surface area (Å²) >= 11 is 0. The van der Waals surface area contributed by atoms with Crippen molar-refractivity contribution < 1.29 is 4.42 Å². The van der Waals surface area contributed by atoms with Crippen LogP contribution in [0.1, 0.15) is 17.2 Å². The molecular weight excluding hydrogens is 214 g/mol. The number of nitrogens with zero attached hydrogens (tertiary/aromatic N) is 1. The van der Waals surface area contributed by atoms with E-state index in [1.807, 2.05) is 32.3 Å². The highest BCUT2D eigenvalue weighted by Gasteiger charge is 2.13. The van der Waals surface area contributed by atoms with E-state index in [-0.39, 0.29) is 6.04 Å². The molecule has 0 spiro atoms. The molecule has 3 N–H and O–H groups in total. The van der Waals surface area contributed by atoms with Crippen molar-refractivity contribution in [2.24, 2.45) is 5.84 Å². The quantitative estimate of drug-likeness (QED) is 0.623. The third-order valence-electron chi connectivity index (χ3n) is 2.76. The number of benzene rings is 1. The van der Waals surface area contributed by atoms with Gasteiger partial charge < -0.3 is 9.32 Å². The summed E-state index contributed by atoms with van der Waals surface area (Å²) in [5.41, 5.74) is 6.08. The molecule has 2 aromatic rings. The van der Waals surface area contributed by atoms with Crippen LogP contribution in [0.5, 0.6) is 0 Å². The zero-order chi connectivity index (χ0) is 12.3. The molecule has 17 heavy (non-hydrogen) atoms. The minimum atomic E-state index is -0.0475. The van der Waals surface area contributed by atoms with Gasteiger partial charge in [0.1, 0.15) is 0 Å². The maximum atomic E-state index is 5.62. The number of hydrazine groups is 1. The highest BCUT2D eigenvalue weighted by Crippen LogP contribution is 2.24. The van der Waals surface area contributed by atoms with Gasteiger partial charge in [-0.15, -0.1) is 0 Å². The van der Waals surface area contributed by atoms with E-state index in [4.69, 9.17) is 10.3 Å². The molecule has 0 aliphatic heterocycles. The zero-order valence-corrected chi connectivity index (χ0v) is 10.1. The molecule has 4 heteroatoms. The van der Waals surface area contributed by atoms with Gasteiger partial charge in [-0.05, 0) is 23.8 Å². The first-order chi connectivity index (χ1) is 8.22. The molecule has 0 aliphatic carbocycles. The molecule has 0 aliphatic rings. The molecular formula is C13H17N3O. The SMILES string of the molecule is CN(C)c1cccc(C(NN)c2ccoc2)c1. The van der Waals surface area contributed by atoms with Crippen molar-refractivity contribution in [1.29, 1.82) is 0 Å². The molecule has 2 rings (SSSR count). The molecule has 1 heterocycles. The summed E-state index contributed by atoms with van der Waals surface area (Å²) in [5.74, 6) is 5.62. The lowest BCUT2D eigenvalue weighted by Crippen LogP contribution is -2.28. The Morgan fingerprint density at radius 2 is 2.06 bits per heavy atom. The van der Waals surface area contributed by atoms with Gasteiger partial charge in [-0.1, -0.05) is 12.1 Å². The van der Waals surface area contributed by atoms with Crippen LogP contribution in [-0.4, -0.2) is 14.1 Å². The van der Waals surface area contributed by atoms with Crippen LogP contribution in [0.4, 0.5) is 5.69 Å². The molecule has 1 atom stereocenters. The van der Waals surface area contributed by atoms with E-state index in [1.165, 1.54) is 0 Å². The van der Waals surface area contributed by atoms with Gasteiger partial charge in [0.25, 0.3) is 0 Å². The fraction of sp³-hybridized carbons (Fsp3) is 0.231. The molecule has 90 valence electrons. The second kappa shape index (κ2) is 5.03. The first-order valence-corrected chi connectivity index (χ1v) is 5.48. The van der Waals surface area contributed by atoms with Gasteiger partial charge in [0.2, 0.25) is 0 Å². The predicted octanol–water partition coefficient (Wildman–Crippen LogP) is 1.90. The third kappa shape index (κ3) is 2.49. The van der Waals surface area contributed by atoms with E-state index in [0.717, 1.165) is 16.8 Å². The Morgan fingerprint density at radius 1 is 1.24 bits per heavy atom. The van der Waals surface area contributed by atoms with Crippen LogP contribution >= 0.6 is 0 Å². The summed E-state index contributed by atoms with van der Waals surface area (Å²) < 4.78 is 5.09. The Labute approximate surface area is 101 Å². The van der Waals surface area contributed by atoms with Gasteiger partial charge in [-0.2, -0.15) is 0 Å². The fourth-order valence-corrected chi connectivity index (χ4v) is 1.81. The molecule has 0 bridgehead atoms. The van der Waals surface area contributed by atoms with Gasteiger partial charge in [0.15, 0.2) is 0 Å². The van der Waals surface area contributed by atoms with Gasteiger partial charge in [-0.3, -0.25) is 5.84 Å². The highest BCUT2D eigenvalue weighted by atomic mass is 16.3. The zero-order valence-electron chi connectivity index (χ0n) is 10.1. The molecule has 0 saturated carbocycles. The number of anilines is 1. The standard InChI is InChI=1S/C13H17N3O/c1-16(2)12-5-3-4-10(8-12)13(15-14)11-6-7-17-9-11/h3-9,13,15H,14H2,1-2H3. The summed E-state index contributed by atoms with van der Waals surface area (Å²) in [5, 5.41) is 0. The number of hydrogen-bond donors (Lipinski definition) is 2. The van der Waals surface area contributed by atoms with Crippen molar-refractivity contribution in [2.45, 2.75) is 6.04 Å². The Balaban J connectivity index is 2.34. The van der Waals surface area contributed by atoms with Crippen molar-refractivity contribution in [2.75, 3.05) is 19.0 Å². The van der Waals surface area contributed by atoms with Crippen LogP contribution in [-0.2, 0) is 0 Å². The van der Waals surface area contributed by atoms with E-state index in [0.29, 0.717) is 0 Å². The van der Waals surface area contributed by atoms with Crippen molar-refractivity contribution >= 4 is 5.69 Å². The molecule has 4 nitrogen and oxygen atoms in total. The molecule has 0 saturated heterocycles. The number of furan rings is 1. The Kier molecular flexibility index (Phi) is 3.46. The molecule has 1 aromatic heterocycles. The summed E-state index contributed by atoms with van der Waals surface area (Å²) in [7, 11) is 4.03. The van der Waals surface area contributed by atoms with Gasteiger partial charge in [-0.25, -0.2) is 5.43 Å². The maximum Gasteiger partial charge on any atom is 0.0954 e. The summed E-state index contributed by atoms with van der Waals surface area (Å²) in [6, 6.07) is 10.1. The van der Waals surface area contributed by atoms with Gasteiger partial charge in [0.05, 0.1) is 18.6 Å². The van der Waals surface area contributed by atoms with Crippen molar-refractivity contribution in [3.05, 3.63) is 54.0 Å². The van der Waals surface area contributed by atoms with Crippen LogP contribution in [0.3, 0.4) is 0 Å². The molecule has 0 amide bonds. The topological polar surface area (TPSA) is 54.4 Å². The van der Waals surface area contributed by atoms with Crippen LogP contribution in [0.15, 0.2) is 47.3 Å². The highest BCUT2D eigenvalue weighted by molar-refractivity contribution is 5.49. The van der Waals surface area contributed by atoms with E-state index >= 15 is 0 Å². The molecule has 0 radical (unpaired) electrons. The number of rotatable bonds is 4. The minimum absolute atomic E-state index is 0.0475. The first kappa shape index (κ1) is 11.7. The normalized spacial score (nSPS) is 12.4. The van der Waals surface area contributed by atoms with Crippen LogP contribution in [0, 0.1) is 0 Å². The van der Waals surface area contributed by atoms with Crippen molar-refractivity contribution in [1.82, 2.24) is 5.43 Å². The predicted molar refractivity (Wildman–Crippen MR) is 68.6 cm³/mol. The Bertz CT molecular complexity index is 465. The lowest BCUT2D eigenvalue weighted by atomic mass is 10.0.